The summed E-state index contributed by atoms with van der Waals surface area (Å²) in [4.78, 5) is 18.4. The molecule has 0 spiro atoms. The Morgan fingerprint density at radius 2 is 1.78 bits per heavy atom. The summed E-state index contributed by atoms with van der Waals surface area (Å²) in [6.07, 6.45) is 4.80. The van der Waals surface area contributed by atoms with Crippen LogP contribution in [-0.4, -0.2) is 10.9 Å². The van der Waals surface area contributed by atoms with Crippen LogP contribution in [0.25, 0.3) is 10.8 Å². The van der Waals surface area contributed by atoms with Crippen LogP contribution in [0.4, 0.5) is 5.13 Å². The molecule has 0 saturated carbocycles. The second kappa shape index (κ2) is 6.63. The van der Waals surface area contributed by atoms with Crippen molar-refractivity contribution in [2.75, 3.05) is 5.32 Å². The highest BCUT2D eigenvalue weighted by Crippen LogP contribution is 2.33. The third kappa shape index (κ3) is 3.02. The average Bonchev–Trinajstić information content (AvgIpc) is 3.31. The summed E-state index contributed by atoms with van der Waals surface area (Å²) in [6, 6.07) is 20.6. The fraction of sp³-hybridized carbons (Fsp3) is 0.130. The number of carbonyl (C=O) groups excluding carboxylic acids is 1. The van der Waals surface area contributed by atoms with Crippen molar-refractivity contribution in [1.82, 2.24) is 4.98 Å². The van der Waals surface area contributed by atoms with Crippen molar-refractivity contribution in [2.24, 2.45) is 0 Å². The molecule has 1 aliphatic carbocycles. The van der Waals surface area contributed by atoms with E-state index in [0.29, 0.717) is 5.13 Å². The Hall–Kier alpha value is -2.98. The Labute approximate surface area is 161 Å². The summed E-state index contributed by atoms with van der Waals surface area (Å²) in [5.41, 5.74) is 4.65. The molecule has 4 aromatic rings. The summed E-state index contributed by atoms with van der Waals surface area (Å²) >= 11 is 1.53. The number of aromatic nitrogens is 1. The van der Waals surface area contributed by atoms with Crippen molar-refractivity contribution in [1.29, 1.82) is 0 Å². The van der Waals surface area contributed by atoms with Gasteiger partial charge in [0.2, 0.25) is 0 Å². The Bertz CT molecular complexity index is 1140. The molecular formula is C23H18N2OS. The molecule has 132 valence electrons. The minimum atomic E-state index is -0.0915. The summed E-state index contributed by atoms with van der Waals surface area (Å²) in [5.74, 6) is -0.0915. The van der Waals surface area contributed by atoms with Crippen molar-refractivity contribution in [3.8, 4) is 0 Å². The van der Waals surface area contributed by atoms with Gasteiger partial charge >= 0.3 is 0 Å². The minimum absolute atomic E-state index is 0.0915. The maximum Gasteiger partial charge on any atom is 0.258 e. The number of benzene rings is 3. The third-order valence-electron chi connectivity index (χ3n) is 5.12. The van der Waals surface area contributed by atoms with Gasteiger partial charge in [0.05, 0.1) is 0 Å². The first-order valence-electron chi connectivity index (χ1n) is 9.11. The second-order valence-electron chi connectivity index (χ2n) is 6.86. The van der Waals surface area contributed by atoms with Gasteiger partial charge in [-0.1, -0.05) is 54.6 Å². The summed E-state index contributed by atoms with van der Waals surface area (Å²) < 4.78 is 0. The van der Waals surface area contributed by atoms with Crippen molar-refractivity contribution in [2.45, 2.75) is 19.3 Å². The Kier molecular flexibility index (Phi) is 3.98. The Morgan fingerprint density at radius 1 is 0.963 bits per heavy atom. The number of thiazole rings is 1. The highest BCUT2D eigenvalue weighted by Gasteiger charge is 2.19. The van der Waals surface area contributed by atoms with Crippen LogP contribution >= 0.6 is 11.3 Å². The smallest absolute Gasteiger partial charge is 0.258 e. The monoisotopic (exact) mass is 370 g/mol. The number of amides is 1. The number of nitrogens with zero attached hydrogens (tertiary/aromatic N) is 1. The van der Waals surface area contributed by atoms with E-state index >= 15 is 0 Å². The van der Waals surface area contributed by atoms with E-state index in [9.17, 15) is 4.79 Å². The maximum atomic E-state index is 12.9. The van der Waals surface area contributed by atoms with Crippen LogP contribution in [0.15, 0.2) is 66.9 Å². The number of rotatable bonds is 4. The Balaban J connectivity index is 1.40. The van der Waals surface area contributed by atoms with E-state index in [-0.39, 0.29) is 5.91 Å². The molecule has 27 heavy (non-hydrogen) atoms. The van der Waals surface area contributed by atoms with Gasteiger partial charge in [-0.15, -0.1) is 11.3 Å². The zero-order valence-electron chi connectivity index (χ0n) is 14.7. The van der Waals surface area contributed by atoms with E-state index < -0.39 is 0 Å². The van der Waals surface area contributed by atoms with Gasteiger partial charge in [0.1, 0.15) is 0 Å². The molecule has 0 saturated heterocycles. The summed E-state index contributed by atoms with van der Waals surface area (Å²) in [6.45, 7) is 0. The van der Waals surface area contributed by atoms with Gasteiger partial charge in [-0.25, -0.2) is 4.98 Å². The normalized spacial score (nSPS) is 12.4. The van der Waals surface area contributed by atoms with Crippen LogP contribution < -0.4 is 5.32 Å². The first kappa shape index (κ1) is 16.2. The first-order chi connectivity index (χ1) is 13.3. The van der Waals surface area contributed by atoms with Crippen molar-refractivity contribution >= 4 is 33.1 Å². The molecule has 5 rings (SSSR count). The van der Waals surface area contributed by atoms with Crippen LogP contribution in [-0.2, 0) is 19.3 Å². The number of carbonyl (C=O) groups is 1. The predicted octanol–water partition coefficient (Wildman–Crippen LogP) is 5.24. The maximum absolute atomic E-state index is 12.9. The molecule has 0 radical (unpaired) electrons. The minimum Gasteiger partial charge on any atom is -0.298 e. The highest BCUT2D eigenvalue weighted by atomic mass is 32.1. The molecule has 1 amide bonds. The lowest BCUT2D eigenvalue weighted by molar-refractivity contribution is 0.102. The van der Waals surface area contributed by atoms with E-state index in [4.69, 9.17) is 0 Å². The second-order valence-corrected chi connectivity index (χ2v) is 7.98. The molecule has 3 nitrogen and oxygen atoms in total. The van der Waals surface area contributed by atoms with Gasteiger partial charge in [-0.2, -0.15) is 0 Å². The summed E-state index contributed by atoms with van der Waals surface area (Å²) in [7, 11) is 0. The van der Waals surface area contributed by atoms with Crippen molar-refractivity contribution in [3.05, 3.63) is 94.0 Å². The standard InChI is InChI=1S/C23H18N2OS/c26-22(20-12-11-17-10-9-16-7-4-8-19(20)21(16)17)25-23-24-14-18(27-23)13-15-5-2-1-3-6-15/h1-8,11-12,14H,9-10,13H2,(H,24,25,26). The molecular weight excluding hydrogens is 352 g/mol. The zero-order chi connectivity index (χ0) is 18.2. The molecule has 0 atom stereocenters. The van der Waals surface area contributed by atoms with E-state index in [1.165, 1.54) is 33.4 Å². The SMILES string of the molecule is O=C(Nc1ncc(Cc2ccccc2)s1)c1ccc2c3c(cccc13)CC2. The largest absolute Gasteiger partial charge is 0.298 e. The van der Waals surface area contributed by atoms with E-state index in [0.717, 1.165) is 35.1 Å². The number of aryl methyl sites for hydroxylation is 2. The fourth-order valence-electron chi connectivity index (χ4n) is 3.85. The molecule has 3 aromatic carbocycles. The number of nitrogens with one attached hydrogen (secondary N) is 1. The molecule has 0 fully saturated rings. The number of hydrogen-bond acceptors (Lipinski definition) is 3. The molecule has 1 heterocycles. The van der Waals surface area contributed by atoms with Crippen LogP contribution in [0.3, 0.4) is 0 Å². The van der Waals surface area contributed by atoms with Crippen LogP contribution in [0.5, 0.6) is 0 Å². The van der Waals surface area contributed by atoms with Gasteiger partial charge in [0, 0.05) is 23.1 Å². The van der Waals surface area contributed by atoms with Gasteiger partial charge in [-0.3, -0.25) is 10.1 Å². The Morgan fingerprint density at radius 3 is 2.63 bits per heavy atom. The van der Waals surface area contributed by atoms with Crippen LogP contribution in [0, 0.1) is 0 Å². The van der Waals surface area contributed by atoms with Crippen molar-refractivity contribution < 1.29 is 4.79 Å². The molecule has 1 aromatic heterocycles. The van der Waals surface area contributed by atoms with Gasteiger partial charge < -0.3 is 0 Å². The zero-order valence-corrected chi connectivity index (χ0v) is 15.6. The topological polar surface area (TPSA) is 42.0 Å². The lowest BCUT2D eigenvalue weighted by atomic mass is 9.99. The molecule has 1 N–H and O–H groups in total. The van der Waals surface area contributed by atoms with Crippen LogP contribution in [0.2, 0.25) is 0 Å². The highest BCUT2D eigenvalue weighted by molar-refractivity contribution is 7.15. The van der Waals surface area contributed by atoms with E-state index in [1.807, 2.05) is 42.6 Å². The first-order valence-corrected chi connectivity index (χ1v) is 9.93. The third-order valence-corrected chi connectivity index (χ3v) is 6.03. The van der Waals surface area contributed by atoms with Gasteiger partial charge in [0.25, 0.3) is 5.91 Å². The molecule has 0 aliphatic heterocycles. The molecule has 1 aliphatic rings. The predicted molar refractivity (Wildman–Crippen MR) is 111 cm³/mol. The number of anilines is 1. The number of hydrogen-bond donors (Lipinski definition) is 1. The van der Waals surface area contributed by atoms with E-state index in [2.05, 4.69) is 34.6 Å². The van der Waals surface area contributed by atoms with E-state index in [1.54, 1.807) is 0 Å². The lowest BCUT2D eigenvalue weighted by Gasteiger charge is -2.08. The van der Waals surface area contributed by atoms with Gasteiger partial charge in [0.15, 0.2) is 5.13 Å². The fourth-order valence-corrected chi connectivity index (χ4v) is 4.70. The van der Waals surface area contributed by atoms with Crippen LogP contribution in [0.1, 0.15) is 31.9 Å². The van der Waals surface area contributed by atoms with Crippen molar-refractivity contribution in [3.63, 3.8) is 0 Å². The lowest BCUT2D eigenvalue weighted by Crippen LogP contribution is -2.12. The molecule has 4 heteroatoms. The molecule has 0 unspecified atom stereocenters. The quantitative estimate of drug-likeness (QED) is 0.534. The average molecular weight is 370 g/mol. The summed E-state index contributed by atoms with van der Waals surface area (Å²) in [5, 5.41) is 5.93. The van der Waals surface area contributed by atoms with Gasteiger partial charge in [-0.05, 0) is 46.4 Å². The molecule has 0 bridgehead atoms.